The number of amides is 2. The molecule has 0 saturated carbocycles. The largest absolute Gasteiger partial charge is 0.368 e. The molecule has 3 N–H and O–H groups in total. The molecule has 0 bridgehead atoms. The molecule has 2 aromatic carbocycles. The minimum absolute atomic E-state index is 0.147. The van der Waals surface area contributed by atoms with Crippen molar-refractivity contribution in [1.82, 2.24) is 5.32 Å². The molecule has 0 aliphatic rings. The summed E-state index contributed by atoms with van der Waals surface area (Å²) < 4.78 is 0. The smallest absolute Gasteiger partial charge is 0.240 e. The van der Waals surface area contributed by atoms with Gasteiger partial charge in [-0.2, -0.15) is 0 Å². The molecule has 4 heteroatoms. The van der Waals surface area contributed by atoms with Gasteiger partial charge in [0.15, 0.2) is 0 Å². The van der Waals surface area contributed by atoms with Crippen molar-refractivity contribution in [3.8, 4) is 0 Å². The van der Waals surface area contributed by atoms with E-state index in [9.17, 15) is 9.59 Å². The molecule has 23 heavy (non-hydrogen) atoms. The van der Waals surface area contributed by atoms with Crippen LogP contribution >= 0.6 is 0 Å². The number of carbonyl (C=O) groups excluding carboxylic acids is 2. The number of nitrogens with one attached hydrogen (secondary N) is 1. The van der Waals surface area contributed by atoms with E-state index in [2.05, 4.69) is 5.32 Å². The van der Waals surface area contributed by atoms with Gasteiger partial charge < -0.3 is 11.1 Å². The Morgan fingerprint density at radius 3 is 1.91 bits per heavy atom. The van der Waals surface area contributed by atoms with Crippen LogP contribution in [0.1, 0.15) is 24.0 Å². The predicted octanol–water partition coefficient (Wildman–Crippen LogP) is 2.22. The highest BCUT2D eigenvalue weighted by Gasteiger charge is 2.17. The number of hydrogen-bond acceptors (Lipinski definition) is 2. The Bertz CT molecular complexity index is 626. The quantitative estimate of drug-likeness (QED) is 0.785. The third-order valence-electron chi connectivity index (χ3n) is 3.73. The molecular formula is C19H22N2O2. The van der Waals surface area contributed by atoms with E-state index in [1.807, 2.05) is 60.7 Å². The summed E-state index contributed by atoms with van der Waals surface area (Å²) in [5.74, 6) is -0.639. The Morgan fingerprint density at radius 1 is 0.870 bits per heavy atom. The molecule has 2 rings (SSSR count). The van der Waals surface area contributed by atoms with E-state index in [0.717, 1.165) is 11.1 Å². The van der Waals surface area contributed by atoms with Crippen LogP contribution in [-0.4, -0.2) is 17.9 Å². The molecule has 0 radical (unpaired) electrons. The van der Waals surface area contributed by atoms with Gasteiger partial charge in [-0.25, -0.2) is 0 Å². The molecule has 0 spiro atoms. The van der Waals surface area contributed by atoms with Crippen molar-refractivity contribution in [2.24, 2.45) is 5.73 Å². The third kappa shape index (κ3) is 5.94. The van der Waals surface area contributed by atoms with Gasteiger partial charge in [0.25, 0.3) is 0 Å². The van der Waals surface area contributed by atoms with Gasteiger partial charge in [0.1, 0.15) is 6.04 Å². The highest BCUT2D eigenvalue weighted by atomic mass is 16.2. The summed E-state index contributed by atoms with van der Waals surface area (Å²) in [4.78, 5) is 23.6. The summed E-state index contributed by atoms with van der Waals surface area (Å²) in [5.41, 5.74) is 7.62. The second kappa shape index (κ2) is 8.73. The van der Waals surface area contributed by atoms with E-state index in [0.29, 0.717) is 25.7 Å². The zero-order valence-corrected chi connectivity index (χ0v) is 13.1. The first-order chi connectivity index (χ1) is 11.1. The fraction of sp³-hybridized carbons (Fsp3) is 0.263. The third-order valence-corrected chi connectivity index (χ3v) is 3.73. The first-order valence-electron chi connectivity index (χ1n) is 7.81. The molecule has 0 unspecified atom stereocenters. The molecular weight excluding hydrogens is 288 g/mol. The second-order valence-corrected chi connectivity index (χ2v) is 5.53. The van der Waals surface area contributed by atoms with Crippen molar-refractivity contribution >= 4 is 11.8 Å². The molecule has 0 aromatic heterocycles. The minimum Gasteiger partial charge on any atom is -0.368 e. The van der Waals surface area contributed by atoms with Gasteiger partial charge in [0.2, 0.25) is 11.8 Å². The fourth-order valence-electron chi connectivity index (χ4n) is 2.41. The second-order valence-electron chi connectivity index (χ2n) is 5.53. The number of primary amides is 1. The lowest BCUT2D eigenvalue weighted by molar-refractivity contribution is -0.127. The number of rotatable bonds is 8. The van der Waals surface area contributed by atoms with Gasteiger partial charge >= 0.3 is 0 Å². The monoisotopic (exact) mass is 310 g/mol. The van der Waals surface area contributed by atoms with Crippen LogP contribution in [-0.2, 0) is 22.4 Å². The van der Waals surface area contributed by atoms with Gasteiger partial charge in [-0.05, 0) is 30.4 Å². The lowest BCUT2D eigenvalue weighted by Crippen LogP contribution is -2.44. The van der Waals surface area contributed by atoms with E-state index in [1.165, 1.54) is 0 Å². The summed E-state index contributed by atoms with van der Waals surface area (Å²) >= 11 is 0. The predicted molar refractivity (Wildman–Crippen MR) is 90.7 cm³/mol. The summed E-state index contributed by atoms with van der Waals surface area (Å²) in [6, 6.07) is 19.0. The minimum atomic E-state index is -0.626. The topological polar surface area (TPSA) is 72.2 Å². The summed E-state index contributed by atoms with van der Waals surface area (Å²) in [6.07, 6.45) is 2.21. The maximum Gasteiger partial charge on any atom is 0.240 e. The molecule has 120 valence electrons. The van der Waals surface area contributed by atoms with Gasteiger partial charge in [0, 0.05) is 6.42 Å². The first-order valence-corrected chi connectivity index (χ1v) is 7.81. The van der Waals surface area contributed by atoms with Crippen molar-refractivity contribution in [1.29, 1.82) is 0 Å². The fourth-order valence-corrected chi connectivity index (χ4v) is 2.41. The Morgan fingerprint density at radius 2 is 1.39 bits per heavy atom. The lowest BCUT2D eigenvalue weighted by atomic mass is 10.0. The van der Waals surface area contributed by atoms with Gasteiger partial charge in [-0.1, -0.05) is 60.7 Å². The highest BCUT2D eigenvalue weighted by molar-refractivity contribution is 5.86. The van der Waals surface area contributed by atoms with Crippen molar-refractivity contribution in [2.45, 2.75) is 31.7 Å². The van der Waals surface area contributed by atoms with Crippen LogP contribution < -0.4 is 11.1 Å². The molecule has 2 aromatic rings. The van der Waals surface area contributed by atoms with Crippen molar-refractivity contribution in [2.75, 3.05) is 0 Å². The zero-order valence-electron chi connectivity index (χ0n) is 13.1. The number of hydrogen-bond donors (Lipinski definition) is 2. The van der Waals surface area contributed by atoms with Crippen LogP contribution in [0.5, 0.6) is 0 Å². The molecule has 1 atom stereocenters. The molecule has 4 nitrogen and oxygen atoms in total. The van der Waals surface area contributed by atoms with Crippen molar-refractivity contribution < 1.29 is 9.59 Å². The standard InChI is InChI=1S/C19H22N2O2/c20-19(23)17(13-11-15-7-3-1-4-8-15)21-18(22)14-12-16-9-5-2-6-10-16/h1-10,17H,11-14H2,(H2,20,23)(H,21,22)/t17-/m1/s1. The van der Waals surface area contributed by atoms with Gasteiger partial charge in [-0.15, -0.1) is 0 Å². The number of aryl methyl sites for hydroxylation is 2. The zero-order chi connectivity index (χ0) is 16.5. The van der Waals surface area contributed by atoms with Crippen molar-refractivity contribution in [3.05, 3.63) is 71.8 Å². The van der Waals surface area contributed by atoms with E-state index in [1.54, 1.807) is 0 Å². The van der Waals surface area contributed by atoms with Crippen LogP contribution in [0.25, 0.3) is 0 Å². The number of carbonyl (C=O) groups is 2. The van der Waals surface area contributed by atoms with Crippen LogP contribution in [0.4, 0.5) is 0 Å². The summed E-state index contributed by atoms with van der Waals surface area (Å²) in [6.45, 7) is 0. The molecule has 0 saturated heterocycles. The average molecular weight is 310 g/mol. The SMILES string of the molecule is NC(=O)[C@@H](CCc1ccccc1)NC(=O)CCc1ccccc1. The van der Waals surface area contributed by atoms with Crippen LogP contribution in [0.15, 0.2) is 60.7 Å². The number of benzene rings is 2. The van der Waals surface area contributed by atoms with E-state index in [4.69, 9.17) is 5.73 Å². The van der Waals surface area contributed by atoms with E-state index < -0.39 is 11.9 Å². The Kier molecular flexibility index (Phi) is 6.36. The van der Waals surface area contributed by atoms with Crippen LogP contribution in [0.3, 0.4) is 0 Å². The van der Waals surface area contributed by atoms with Gasteiger partial charge in [-0.3, -0.25) is 9.59 Å². The molecule has 0 aliphatic carbocycles. The van der Waals surface area contributed by atoms with Crippen LogP contribution in [0, 0.1) is 0 Å². The van der Waals surface area contributed by atoms with Crippen LogP contribution in [0.2, 0.25) is 0 Å². The van der Waals surface area contributed by atoms with E-state index in [-0.39, 0.29) is 5.91 Å². The first kappa shape index (κ1) is 16.7. The Balaban J connectivity index is 1.81. The molecule has 2 amide bonds. The van der Waals surface area contributed by atoms with Gasteiger partial charge in [0.05, 0.1) is 0 Å². The Hall–Kier alpha value is -2.62. The maximum atomic E-state index is 12.0. The lowest BCUT2D eigenvalue weighted by Gasteiger charge is -2.15. The normalized spacial score (nSPS) is 11.7. The summed E-state index contributed by atoms with van der Waals surface area (Å²) in [7, 11) is 0. The maximum absolute atomic E-state index is 12.0. The van der Waals surface area contributed by atoms with Crippen molar-refractivity contribution in [3.63, 3.8) is 0 Å². The molecule has 0 heterocycles. The molecule has 0 aliphatic heterocycles. The average Bonchev–Trinajstić information content (AvgIpc) is 2.58. The van der Waals surface area contributed by atoms with E-state index >= 15 is 0 Å². The summed E-state index contributed by atoms with van der Waals surface area (Å²) in [5, 5.41) is 2.74. The Labute approximate surface area is 136 Å². The number of nitrogens with two attached hydrogens (primary N) is 1. The highest BCUT2D eigenvalue weighted by Crippen LogP contribution is 2.06. The molecule has 0 fully saturated rings.